The van der Waals surface area contributed by atoms with Crippen molar-refractivity contribution in [2.45, 2.75) is 5.41 Å². The molecule has 1 nitrogen and oxygen atoms in total. The number of halogens is 1. The molecular formula is C10H11BrOS. The molecule has 1 heterocycles. The Kier molecular flexibility index (Phi) is 2.67. The maximum atomic E-state index is 5.27. The average Bonchev–Trinajstić information content (AvgIpc) is 2.07. The number of ether oxygens (including phenoxy) is 1. The van der Waals surface area contributed by atoms with Crippen molar-refractivity contribution in [3.05, 3.63) is 34.3 Å². The SMILES string of the molecule is SCC1(c2ccccc2Br)COC1. The Bertz CT molecular complexity index is 304. The summed E-state index contributed by atoms with van der Waals surface area (Å²) in [6, 6.07) is 8.30. The molecule has 0 unspecified atom stereocenters. The molecule has 0 bridgehead atoms. The normalized spacial score (nSPS) is 19.5. The molecule has 13 heavy (non-hydrogen) atoms. The van der Waals surface area contributed by atoms with Gasteiger partial charge in [0.25, 0.3) is 0 Å². The zero-order valence-corrected chi connectivity index (χ0v) is 9.64. The lowest BCUT2D eigenvalue weighted by Gasteiger charge is -2.41. The van der Waals surface area contributed by atoms with Crippen molar-refractivity contribution in [2.24, 2.45) is 0 Å². The van der Waals surface area contributed by atoms with E-state index in [1.807, 2.05) is 6.07 Å². The largest absolute Gasteiger partial charge is 0.379 e. The highest BCUT2D eigenvalue weighted by molar-refractivity contribution is 9.10. The first kappa shape index (κ1) is 9.56. The standard InChI is InChI=1S/C10H11BrOS/c11-9-4-2-1-3-8(9)10(7-13)5-12-6-10/h1-4,13H,5-7H2. The molecule has 1 saturated heterocycles. The minimum absolute atomic E-state index is 0.142. The predicted molar refractivity (Wildman–Crippen MR) is 60.5 cm³/mol. The molecule has 0 atom stereocenters. The number of thiol groups is 1. The van der Waals surface area contributed by atoms with Crippen LogP contribution in [0.15, 0.2) is 28.7 Å². The summed E-state index contributed by atoms with van der Waals surface area (Å²) in [5, 5.41) is 0. The van der Waals surface area contributed by atoms with Gasteiger partial charge in [-0.15, -0.1) is 0 Å². The lowest BCUT2D eigenvalue weighted by atomic mass is 9.80. The van der Waals surface area contributed by atoms with Gasteiger partial charge < -0.3 is 4.74 Å². The highest BCUT2D eigenvalue weighted by Crippen LogP contribution is 2.37. The molecule has 1 aliphatic heterocycles. The lowest BCUT2D eigenvalue weighted by molar-refractivity contribution is -0.0474. The van der Waals surface area contributed by atoms with Gasteiger partial charge in [0, 0.05) is 10.2 Å². The van der Waals surface area contributed by atoms with Crippen LogP contribution in [0.4, 0.5) is 0 Å². The van der Waals surface area contributed by atoms with Gasteiger partial charge >= 0.3 is 0 Å². The van der Waals surface area contributed by atoms with Crippen molar-refractivity contribution in [1.82, 2.24) is 0 Å². The van der Waals surface area contributed by atoms with Crippen molar-refractivity contribution in [3.63, 3.8) is 0 Å². The van der Waals surface area contributed by atoms with E-state index in [4.69, 9.17) is 4.74 Å². The summed E-state index contributed by atoms with van der Waals surface area (Å²) in [7, 11) is 0. The highest BCUT2D eigenvalue weighted by atomic mass is 79.9. The quantitative estimate of drug-likeness (QED) is 0.803. The van der Waals surface area contributed by atoms with E-state index in [2.05, 4.69) is 46.8 Å². The summed E-state index contributed by atoms with van der Waals surface area (Å²) in [4.78, 5) is 0. The van der Waals surface area contributed by atoms with Crippen LogP contribution in [0.3, 0.4) is 0 Å². The van der Waals surface area contributed by atoms with E-state index < -0.39 is 0 Å². The number of rotatable bonds is 2. The van der Waals surface area contributed by atoms with E-state index in [-0.39, 0.29) is 5.41 Å². The molecule has 0 spiro atoms. The van der Waals surface area contributed by atoms with E-state index in [1.54, 1.807) is 0 Å². The van der Waals surface area contributed by atoms with E-state index >= 15 is 0 Å². The fourth-order valence-electron chi connectivity index (χ4n) is 1.57. The molecule has 0 aromatic heterocycles. The molecule has 0 aliphatic carbocycles. The van der Waals surface area contributed by atoms with Crippen LogP contribution in [-0.4, -0.2) is 19.0 Å². The Morgan fingerprint density at radius 3 is 2.54 bits per heavy atom. The third-order valence-electron chi connectivity index (χ3n) is 2.50. The summed E-state index contributed by atoms with van der Waals surface area (Å²) in [5.74, 6) is 0.843. The second-order valence-corrected chi connectivity index (χ2v) is 4.58. The monoisotopic (exact) mass is 258 g/mol. The van der Waals surface area contributed by atoms with Crippen molar-refractivity contribution >= 4 is 28.6 Å². The summed E-state index contributed by atoms with van der Waals surface area (Å²) in [5.41, 5.74) is 1.46. The zero-order valence-electron chi connectivity index (χ0n) is 7.16. The van der Waals surface area contributed by atoms with E-state index in [0.717, 1.165) is 23.4 Å². The Labute approximate surface area is 92.0 Å². The van der Waals surface area contributed by atoms with Crippen molar-refractivity contribution in [2.75, 3.05) is 19.0 Å². The Balaban J connectivity index is 2.38. The topological polar surface area (TPSA) is 9.23 Å². The Hall–Kier alpha value is 0.01000. The van der Waals surface area contributed by atoms with Crippen LogP contribution in [0, 0.1) is 0 Å². The molecule has 0 radical (unpaired) electrons. The maximum Gasteiger partial charge on any atom is 0.0594 e. The summed E-state index contributed by atoms with van der Waals surface area (Å²) >= 11 is 7.95. The van der Waals surface area contributed by atoms with E-state index in [1.165, 1.54) is 5.56 Å². The third-order valence-corrected chi connectivity index (χ3v) is 3.80. The maximum absolute atomic E-state index is 5.27. The smallest absolute Gasteiger partial charge is 0.0594 e. The van der Waals surface area contributed by atoms with Gasteiger partial charge in [0.2, 0.25) is 0 Å². The van der Waals surface area contributed by atoms with Crippen LogP contribution in [0.5, 0.6) is 0 Å². The van der Waals surface area contributed by atoms with Gasteiger partial charge in [-0.25, -0.2) is 0 Å². The van der Waals surface area contributed by atoms with Crippen LogP contribution < -0.4 is 0 Å². The fraction of sp³-hybridized carbons (Fsp3) is 0.400. The molecule has 1 aliphatic rings. The summed E-state index contributed by atoms with van der Waals surface area (Å²) in [6.45, 7) is 1.58. The molecule has 1 aromatic rings. The van der Waals surface area contributed by atoms with E-state index in [0.29, 0.717) is 0 Å². The molecule has 1 aromatic carbocycles. The van der Waals surface area contributed by atoms with Gasteiger partial charge in [0.1, 0.15) is 0 Å². The first-order chi connectivity index (χ1) is 6.28. The first-order valence-corrected chi connectivity index (χ1v) is 5.65. The van der Waals surface area contributed by atoms with Crippen molar-refractivity contribution in [1.29, 1.82) is 0 Å². The number of hydrogen-bond acceptors (Lipinski definition) is 2. The molecule has 2 rings (SSSR count). The van der Waals surface area contributed by atoms with Gasteiger partial charge in [0.15, 0.2) is 0 Å². The summed E-state index contributed by atoms with van der Waals surface area (Å²) in [6.07, 6.45) is 0. The van der Waals surface area contributed by atoms with Crippen molar-refractivity contribution < 1.29 is 4.74 Å². The molecule has 70 valence electrons. The number of benzene rings is 1. The van der Waals surface area contributed by atoms with Gasteiger partial charge in [-0.3, -0.25) is 0 Å². The number of hydrogen-bond donors (Lipinski definition) is 1. The van der Waals surface area contributed by atoms with E-state index in [9.17, 15) is 0 Å². The summed E-state index contributed by atoms with van der Waals surface area (Å²) < 4.78 is 6.43. The van der Waals surface area contributed by atoms with Crippen LogP contribution in [0.2, 0.25) is 0 Å². The second kappa shape index (κ2) is 3.64. The highest BCUT2D eigenvalue weighted by Gasteiger charge is 2.40. The first-order valence-electron chi connectivity index (χ1n) is 4.22. The molecule has 0 amide bonds. The van der Waals surface area contributed by atoms with Crippen LogP contribution in [0.1, 0.15) is 5.56 Å². The zero-order chi connectivity index (χ0) is 9.31. The fourth-order valence-corrected chi connectivity index (χ4v) is 2.63. The van der Waals surface area contributed by atoms with Crippen LogP contribution in [0.25, 0.3) is 0 Å². The second-order valence-electron chi connectivity index (χ2n) is 3.41. The molecular weight excluding hydrogens is 248 g/mol. The van der Waals surface area contributed by atoms with Crippen LogP contribution in [-0.2, 0) is 10.2 Å². The third kappa shape index (κ3) is 1.53. The van der Waals surface area contributed by atoms with Gasteiger partial charge in [0.05, 0.1) is 18.6 Å². The van der Waals surface area contributed by atoms with Gasteiger partial charge in [-0.05, 0) is 11.6 Å². The Morgan fingerprint density at radius 2 is 2.08 bits per heavy atom. The predicted octanol–water partition coefficient (Wildman–Crippen LogP) is 2.65. The van der Waals surface area contributed by atoms with Crippen LogP contribution >= 0.6 is 28.6 Å². The lowest BCUT2D eigenvalue weighted by Crippen LogP contribution is -2.48. The molecule has 1 fully saturated rings. The van der Waals surface area contributed by atoms with Gasteiger partial charge in [-0.1, -0.05) is 34.1 Å². The van der Waals surface area contributed by atoms with Gasteiger partial charge in [-0.2, -0.15) is 12.6 Å². The molecule has 3 heteroatoms. The van der Waals surface area contributed by atoms with Crippen molar-refractivity contribution in [3.8, 4) is 0 Å². The minimum atomic E-state index is 0.142. The minimum Gasteiger partial charge on any atom is -0.379 e. The Morgan fingerprint density at radius 1 is 1.38 bits per heavy atom. The average molecular weight is 259 g/mol. The molecule has 0 N–H and O–H groups in total. The molecule has 0 saturated carbocycles.